The minimum absolute atomic E-state index is 0.107. The first kappa shape index (κ1) is 17.8. The normalized spacial score (nSPS) is 12.7. The molecule has 3 nitrogen and oxygen atoms in total. The Morgan fingerprint density at radius 2 is 1.65 bits per heavy atom. The number of nitrogens with zero attached hydrogens (tertiary/aromatic N) is 2. The van der Waals surface area contributed by atoms with Gasteiger partial charge in [0.05, 0.1) is 5.56 Å². The average Bonchev–Trinajstić information content (AvgIpc) is 2.62. The summed E-state index contributed by atoms with van der Waals surface area (Å²) >= 11 is 0. The monoisotopic (exact) mass is 361 g/mol. The summed E-state index contributed by atoms with van der Waals surface area (Å²) in [5.41, 5.74) is 0.954. The number of anilines is 1. The van der Waals surface area contributed by atoms with Crippen LogP contribution in [0.5, 0.6) is 0 Å². The van der Waals surface area contributed by atoms with Gasteiger partial charge in [-0.25, -0.2) is 9.37 Å². The third-order valence-electron chi connectivity index (χ3n) is 3.90. The van der Waals surface area contributed by atoms with Gasteiger partial charge in [-0.1, -0.05) is 12.1 Å². The molecule has 3 aromatic rings. The second kappa shape index (κ2) is 7.11. The van der Waals surface area contributed by atoms with Gasteiger partial charge in [0.1, 0.15) is 11.6 Å². The van der Waals surface area contributed by atoms with E-state index in [0.717, 1.165) is 17.8 Å². The van der Waals surface area contributed by atoms with E-state index in [0.29, 0.717) is 16.9 Å². The van der Waals surface area contributed by atoms with Crippen LogP contribution in [0.25, 0.3) is 11.1 Å². The quantitative estimate of drug-likeness (QED) is 0.626. The highest BCUT2D eigenvalue weighted by Gasteiger charge is 2.31. The van der Waals surface area contributed by atoms with Crippen molar-refractivity contribution in [3.8, 4) is 11.1 Å². The van der Waals surface area contributed by atoms with Crippen LogP contribution in [0.15, 0.2) is 61.1 Å². The van der Waals surface area contributed by atoms with Crippen molar-refractivity contribution in [2.45, 2.75) is 19.1 Å². The maximum atomic E-state index is 13.0. The van der Waals surface area contributed by atoms with Crippen molar-refractivity contribution in [1.82, 2.24) is 9.97 Å². The second-order valence-corrected chi connectivity index (χ2v) is 5.81. The van der Waals surface area contributed by atoms with Crippen molar-refractivity contribution in [2.75, 3.05) is 5.32 Å². The summed E-state index contributed by atoms with van der Waals surface area (Å²) in [6, 6.07) is 10.4. The predicted octanol–water partition coefficient (Wildman–Crippen LogP) is 5.47. The van der Waals surface area contributed by atoms with Gasteiger partial charge in [0.2, 0.25) is 0 Å². The lowest BCUT2D eigenvalue weighted by Crippen LogP contribution is -2.08. The first-order valence-corrected chi connectivity index (χ1v) is 7.83. The van der Waals surface area contributed by atoms with E-state index in [1.807, 2.05) is 6.92 Å². The molecule has 2 aromatic heterocycles. The number of rotatable bonds is 4. The Balaban J connectivity index is 1.75. The molecule has 134 valence electrons. The van der Waals surface area contributed by atoms with E-state index in [4.69, 9.17) is 0 Å². The van der Waals surface area contributed by atoms with Gasteiger partial charge in [-0.05, 0) is 42.8 Å². The molecule has 0 spiro atoms. The number of halogens is 4. The van der Waals surface area contributed by atoms with E-state index in [9.17, 15) is 17.6 Å². The molecule has 0 amide bonds. The molecule has 3 rings (SSSR count). The van der Waals surface area contributed by atoms with E-state index in [2.05, 4.69) is 15.3 Å². The fourth-order valence-electron chi connectivity index (χ4n) is 2.46. The first-order chi connectivity index (χ1) is 12.3. The summed E-state index contributed by atoms with van der Waals surface area (Å²) in [4.78, 5) is 7.89. The van der Waals surface area contributed by atoms with Gasteiger partial charge in [-0.15, -0.1) is 0 Å². The van der Waals surface area contributed by atoms with Gasteiger partial charge >= 0.3 is 6.18 Å². The van der Waals surface area contributed by atoms with Crippen LogP contribution in [0.1, 0.15) is 24.1 Å². The maximum Gasteiger partial charge on any atom is 0.417 e. The number of alkyl halides is 3. The van der Waals surface area contributed by atoms with Gasteiger partial charge < -0.3 is 5.32 Å². The van der Waals surface area contributed by atoms with Gasteiger partial charge in [0.25, 0.3) is 0 Å². The molecule has 0 aliphatic carbocycles. The molecule has 0 bridgehead atoms. The Kier molecular flexibility index (Phi) is 4.88. The largest absolute Gasteiger partial charge is 0.417 e. The molecule has 1 N–H and O–H groups in total. The Hall–Kier alpha value is -2.96. The molecule has 0 aliphatic rings. The van der Waals surface area contributed by atoms with Crippen molar-refractivity contribution in [3.63, 3.8) is 0 Å². The van der Waals surface area contributed by atoms with E-state index in [-0.39, 0.29) is 11.9 Å². The molecule has 0 saturated carbocycles. The minimum atomic E-state index is -4.44. The fraction of sp³-hybridized carbons (Fsp3) is 0.158. The Morgan fingerprint density at radius 3 is 2.27 bits per heavy atom. The Bertz CT molecular complexity index is 875. The zero-order chi connectivity index (χ0) is 18.7. The average molecular weight is 361 g/mol. The Labute approximate surface area is 147 Å². The summed E-state index contributed by atoms with van der Waals surface area (Å²) in [5.74, 6) is 0.253. The van der Waals surface area contributed by atoms with Gasteiger partial charge in [0.15, 0.2) is 0 Å². The number of pyridine rings is 2. The molecule has 2 heterocycles. The lowest BCUT2D eigenvalue weighted by atomic mass is 10.1. The van der Waals surface area contributed by atoms with Gasteiger partial charge in [-0.2, -0.15) is 13.2 Å². The van der Waals surface area contributed by atoms with Crippen LogP contribution < -0.4 is 5.32 Å². The number of hydrogen-bond donors (Lipinski definition) is 1. The topological polar surface area (TPSA) is 37.8 Å². The Morgan fingerprint density at radius 1 is 0.923 bits per heavy atom. The van der Waals surface area contributed by atoms with Gasteiger partial charge in [-0.3, -0.25) is 4.98 Å². The van der Waals surface area contributed by atoms with Crippen LogP contribution in [0.2, 0.25) is 0 Å². The second-order valence-electron chi connectivity index (χ2n) is 5.81. The number of hydrogen-bond acceptors (Lipinski definition) is 3. The highest BCUT2D eigenvalue weighted by molar-refractivity contribution is 5.63. The number of benzene rings is 1. The summed E-state index contributed by atoms with van der Waals surface area (Å²) in [6.45, 7) is 1.90. The molecule has 0 radical (unpaired) electrons. The third-order valence-corrected chi connectivity index (χ3v) is 3.90. The van der Waals surface area contributed by atoms with E-state index >= 15 is 0 Å². The zero-order valence-electron chi connectivity index (χ0n) is 13.8. The van der Waals surface area contributed by atoms with E-state index < -0.39 is 11.7 Å². The SMILES string of the molecule is CC(Nc1ccc(-c2cncc(C(F)(F)F)c2)cn1)c1ccc(F)cc1. The molecule has 1 unspecified atom stereocenters. The predicted molar refractivity (Wildman–Crippen MR) is 90.9 cm³/mol. The van der Waals surface area contributed by atoms with Crippen molar-refractivity contribution >= 4 is 5.82 Å². The molecular weight excluding hydrogens is 346 g/mol. The summed E-state index contributed by atoms with van der Waals surface area (Å²) < 4.78 is 51.3. The van der Waals surface area contributed by atoms with Crippen LogP contribution in [0.4, 0.5) is 23.4 Å². The number of aromatic nitrogens is 2. The van der Waals surface area contributed by atoms with Crippen molar-refractivity contribution in [2.24, 2.45) is 0 Å². The van der Waals surface area contributed by atoms with Crippen LogP contribution in [0, 0.1) is 5.82 Å². The van der Waals surface area contributed by atoms with E-state index in [1.54, 1.807) is 24.3 Å². The maximum absolute atomic E-state index is 13.0. The molecule has 26 heavy (non-hydrogen) atoms. The van der Waals surface area contributed by atoms with Crippen molar-refractivity contribution < 1.29 is 17.6 Å². The zero-order valence-corrected chi connectivity index (χ0v) is 13.8. The molecule has 1 aromatic carbocycles. The van der Waals surface area contributed by atoms with Crippen molar-refractivity contribution in [3.05, 3.63) is 78.0 Å². The summed E-state index contributed by atoms with van der Waals surface area (Å²) in [5, 5.41) is 3.16. The molecular formula is C19H15F4N3. The van der Waals surface area contributed by atoms with Crippen molar-refractivity contribution in [1.29, 1.82) is 0 Å². The van der Waals surface area contributed by atoms with Crippen LogP contribution in [-0.4, -0.2) is 9.97 Å². The smallest absolute Gasteiger partial charge is 0.364 e. The lowest BCUT2D eigenvalue weighted by molar-refractivity contribution is -0.137. The summed E-state index contributed by atoms with van der Waals surface area (Å²) in [7, 11) is 0. The highest BCUT2D eigenvalue weighted by atomic mass is 19.4. The lowest BCUT2D eigenvalue weighted by Gasteiger charge is -2.15. The highest BCUT2D eigenvalue weighted by Crippen LogP contribution is 2.31. The first-order valence-electron chi connectivity index (χ1n) is 7.83. The van der Waals surface area contributed by atoms with Crippen LogP contribution in [-0.2, 0) is 6.18 Å². The summed E-state index contributed by atoms with van der Waals surface area (Å²) in [6.07, 6.45) is -0.808. The minimum Gasteiger partial charge on any atom is -0.364 e. The molecule has 7 heteroatoms. The fourth-order valence-corrected chi connectivity index (χ4v) is 2.46. The molecule has 0 saturated heterocycles. The standard InChI is InChI=1S/C19H15F4N3/c1-12(13-2-5-17(20)6-3-13)26-18-7-4-14(10-25-18)15-8-16(11-24-9-15)19(21,22)23/h2-12H,1H3,(H,25,26). The van der Waals surface area contributed by atoms with Crippen LogP contribution in [0.3, 0.4) is 0 Å². The molecule has 0 fully saturated rings. The van der Waals surface area contributed by atoms with E-state index in [1.165, 1.54) is 24.5 Å². The molecule has 0 aliphatic heterocycles. The van der Waals surface area contributed by atoms with Crippen LogP contribution >= 0.6 is 0 Å². The third kappa shape index (κ3) is 4.17. The number of nitrogens with one attached hydrogen (secondary N) is 1. The molecule has 1 atom stereocenters. The van der Waals surface area contributed by atoms with Gasteiger partial charge in [0, 0.05) is 35.8 Å².